The molecule has 250 valence electrons. The summed E-state index contributed by atoms with van der Waals surface area (Å²) in [5, 5.41) is 30.7. The van der Waals surface area contributed by atoms with Gasteiger partial charge in [0.2, 0.25) is 12.7 Å². The fraction of sp³-hybridized carbons (Fsp3) is 0.583. The molecule has 5 aliphatic rings. The van der Waals surface area contributed by atoms with E-state index in [-0.39, 0.29) is 37.1 Å². The molecule has 2 fully saturated rings. The Bertz CT molecular complexity index is 1650. The number of nitrogens with zero attached hydrogens (tertiary/aromatic N) is 3. The second-order valence-corrected chi connectivity index (χ2v) is 13.7. The van der Waals surface area contributed by atoms with Crippen LogP contribution in [-0.4, -0.2) is 60.5 Å². The lowest BCUT2D eigenvalue weighted by Crippen LogP contribution is -2.62. The summed E-state index contributed by atoms with van der Waals surface area (Å²) in [4.78, 5) is 28.0. The van der Waals surface area contributed by atoms with Crippen molar-refractivity contribution in [1.82, 2.24) is 10.2 Å². The number of esters is 1. The maximum absolute atomic E-state index is 13.4. The number of benzene rings is 2. The molecule has 0 aromatic heterocycles. The first-order valence-electron chi connectivity index (χ1n) is 16.9. The minimum absolute atomic E-state index is 0.0126. The predicted octanol–water partition coefficient (Wildman–Crippen LogP) is 5.36. The van der Waals surface area contributed by atoms with Crippen LogP contribution in [-0.2, 0) is 22.4 Å². The first-order chi connectivity index (χ1) is 22.7. The number of aryl methyl sites for hydroxylation is 1. The molecule has 11 heteroatoms. The van der Waals surface area contributed by atoms with Gasteiger partial charge in [0.1, 0.15) is 5.75 Å². The number of carbonyl (C=O) groups is 2. The Kier molecular flexibility index (Phi) is 8.43. The van der Waals surface area contributed by atoms with Gasteiger partial charge in [-0.15, -0.1) is 6.04 Å². The van der Waals surface area contributed by atoms with E-state index in [1.54, 1.807) is 0 Å². The molecule has 1 saturated carbocycles. The summed E-state index contributed by atoms with van der Waals surface area (Å²) in [6, 6.07) is 2.24. The SMILES string of the molecule is COc1c(C)cc2c(c1O)[C@H]1[N-][C@@H](C2)[C@H](C#N)N2C(CNC(=O)CCC3CCCCC3)c3c(c(OC(C)=O)c(C)c4c3OCO4)CC12. The number of carbonyl (C=O) groups excluding carboxylic acids is 2. The number of piperazine rings is 1. The largest absolute Gasteiger partial charge is 0.649 e. The second-order valence-electron chi connectivity index (χ2n) is 13.7. The van der Waals surface area contributed by atoms with Crippen LogP contribution in [0.4, 0.5) is 0 Å². The molecule has 2 bridgehead atoms. The molecule has 47 heavy (non-hydrogen) atoms. The van der Waals surface area contributed by atoms with Crippen molar-refractivity contribution >= 4 is 11.9 Å². The number of nitriles is 1. The molecule has 7 rings (SSSR count). The number of aromatic hydroxyl groups is 1. The molecular formula is C36H43N4O7-. The van der Waals surface area contributed by atoms with Gasteiger partial charge in [0.25, 0.3) is 0 Å². The number of amides is 1. The van der Waals surface area contributed by atoms with E-state index in [9.17, 15) is 20.0 Å². The molecule has 11 nitrogen and oxygen atoms in total. The number of phenols is 1. The third kappa shape index (κ3) is 5.35. The van der Waals surface area contributed by atoms with Gasteiger partial charge >= 0.3 is 5.97 Å². The van der Waals surface area contributed by atoms with Crippen LogP contribution >= 0.6 is 0 Å². The second kappa shape index (κ2) is 12.5. The van der Waals surface area contributed by atoms with E-state index in [0.717, 1.165) is 28.7 Å². The minimum Gasteiger partial charge on any atom is -0.649 e. The molecule has 1 amide bonds. The van der Waals surface area contributed by atoms with Gasteiger partial charge in [-0.3, -0.25) is 14.5 Å². The van der Waals surface area contributed by atoms with Crippen molar-refractivity contribution in [3.63, 3.8) is 0 Å². The average Bonchev–Trinajstić information content (AvgIpc) is 3.55. The summed E-state index contributed by atoms with van der Waals surface area (Å²) in [6.45, 7) is 5.34. The standard InChI is InChI=1S/C36H43N4O7/c1-18-12-22-13-24-26(15-37)40-25(31(39-24)29(22)32(43)33(18)44-4)14-23-30(36-35(45-17-46-36)19(2)34(23)47-20(3)41)27(40)16-38-28(42)11-10-21-8-6-5-7-9-21/h12,21,24-27,31,43H,5-11,13-14,16-17H2,1-4H3,(H,38,42)/q-1/t24-,25?,26-,27?,31-/m0/s1. The summed E-state index contributed by atoms with van der Waals surface area (Å²) in [6.07, 6.45) is 8.25. The average molecular weight is 644 g/mol. The zero-order valence-corrected chi connectivity index (χ0v) is 27.6. The Morgan fingerprint density at radius 2 is 1.89 bits per heavy atom. The Morgan fingerprint density at radius 1 is 1.13 bits per heavy atom. The van der Waals surface area contributed by atoms with Crippen LogP contribution in [0.2, 0.25) is 0 Å². The molecular weight excluding hydrogens is 600 g/mol. The van der Waals surface area contributed by atoms with Gasteiger partial charge in [0.05, 0.1) is 25.3 Å². The van der Waals surface area contributed by atoms with E-state index in [1.165, 1.54) is 46.1 Å². The maximum Gasteiger partial charge on any atom is 0.308 e. The van der Waals surface area contributed by atoms with Crippen LogP contribution in [0, 0.1) is 31.1 Å². The molecule has 0 spiro atoms. The number of hydrogen-bond donors (Lipinski definition) is 2. The summed E-state index contributed by atoms with van der Waals surface area (Å²) >= 11 is 0. The number of nitrogens with one attached hydrogen (secondary N) is 1. The summed E-state index contributed by atoms with van der Waals surface area (Å²) in [5.41, 5.74) is 4.64. The van der Waals surface area contributed by atoms with Crippen molar-refractivity contribution in [3.8, 4) is 34.8 Å². The van der Waals surface area contributed by atoms with Crippen LogP contribution in [0.5, 0.6) is 28.7 Å². The van der Waals surface area contributed by atoms with E-state index in [4.69, 9.17) is 24.3 Å². The zero-order valence-electron chi connectivity index (χ0n) is 27.6. The summed E-state index contributed by atoms with van der Waals surface area (Å²) < 4.78 is 23.5. The lowest BCUT2D eigenvalue weighted by atomic mass is 9.72. The van der Waals surface area contributed by atoms with Crippen LogP contribution in [0.25, 0.3) is 5.32 Å². The Labute approximate surface area is 275 Å². The van der Waals surface area contributed by atoms with Gasteiger partial charge in [-0.1, -0.05) is 44.2 Å². The highest BCUT2D eigenvalue weighted by Crippen LogP contribution is 2.59. The van der Waals surface area contributed by atoms with Crippen molar-refractivity contribution in [2.24, 2.45) is 5.92 Å². The Morgan fingerprint density at radius 3 is 2.62 bits per heavy atom. The van der Waals surface area contributed by atoms with Crippen molar-refractivity contribution < 1.29 is 33.6 Å². The van der Waals surface area contributed by atoms with E-state index in [2.05, 4.69) is 16.3 Å². The first-order valence-corrected chi connectivity index (χ1v) is 16.9. The van der Waals surface area contributed by atoms with Crippen LogP contribution in [0.1, 0.15) is 97.3 Å². The van der Waals surface area contributed by atoms with E-state index in [1.807, 2.05) is 19.9 Å². The van der Waals surface area contributed by atoms with E-state index in [0.29, 0.717) is 59.3 Å². The normalized spacial score (nSPS) is 26.0. The molecule has 0 radical (unpaired) electrons. The maximum atomic E-state index is 13.4. The molecule has 2 unspecified atom stereocenters. The van der Waals surface area contributed by atoms with Gasteiger partial charge in [-0.05, 0) is 55.7 Å². The molecule has 1 saturated heterocycles. The fourth-order valence-electron chi connectivity index (χ4n) is 8.89. The van der Waals surface area contributed by atoms with Gasteiger partial charge < -0.3 is 34.7 Å². The lowest BCUT2D eigenvalue weighted by molar-refractivity contribution is -0.132. The highest BCUT2D eigenvalue weighted by atomic mass is 16.7. The van der Waals surface area contributed by atoms with Crippen LogP contribution in [0.15, 0.2) is 6.07 Å². The summed E-state index contributed by atoms with van der Waals surface area (Å²) in [7, 11) is 1.54. The number of ether oxygens (including phenoxy) is 4. The topological polar surface area (TPSA) is 144 Å². The van der Waals surface area contributed by atoms with Crippen molar-refractivity contribution in [1.29, 1.82) is 5.26 Å². The summed E-state index contributed by atoms with van der Waals surface area (Å²) in [5.74, 6) is 2.02. The van der Waals surface area contributed by atoms with Gasteiger partial charge in [-0.25, -0.2) is 0 Å². The minimum atomic E-state index is -0.609. The molecule has 4 aliphatic heterocycles. The third-order valence-electron chi connectivity index (χ3n) is 10.9. The monoisotopic (exact) mass is 643 g/mol. The van der Waals surface area contributed by atoms with Crippen molar-refractivity contribution in [2.45, 2.75) is 109 Å². The fourth-order valence-corrected chi connectivity index (χ4v) is 8.89. The lowest BCUT2D eigenvalue weighted by Gasteiger charge is -2.63. The first kappa shape index (κ1) is 31.6. The van der Waals surface area contributed by atoms with Gasteiger partial charge in [-0.2, -0.15) is 5.26 Å². The third-order valence-corrected chi connectivity index (χ3v) is 10.9. The molecule has 2 N–H and O–H groups in total. The van der Waals surface area contributed by atoms with Crippen molar-refractivity contribution in [3.05, 3.63) is 44.8 Å². The molecule has 1 aliphatic carbocycles. The molecule has 5 atom stereocenters. The van der Waals surface area contributed by atoms with Gasteiger partial charge in [0.15, 0.2) is 23.0 Å². The number of hydrogen-bond acceptors (Lipinski definition) is 9. The van der Waals surface area contributed by atoms with Crippen LogP contribution in [0.3, 0.4) is 0 Å². The predicted molar refractivity (Wildman–Crippen MR) is 172 cm³/mol. The Balaban J connectivity index is 1.33. The smallest absolute Gasteiger partial charge is 0.308 e. The number of methoxy groups -OCH3 is 1. The number of phenolic OH excluding ortho intramolecular Hbond substituents is 1. The van der Waals surface area contributed by atoms with Gasteiger partial charge in [0, 0.05) is 42.6 Å². The number of rotatable bonds is 7. The number of fused-ring (bicyclic) bond motifs is 9. The quantitative estimate of drug-likeness (QED) is 0.301. The zero-order chi connectivity index (χ0) is 33.0. The Hall–Kier alpha value is -4.01. The molecule has 4 heterocycles. The van der Waals surface area contributed by atoms with Crippen LogP contribution < -0.4 is 24.3 Å². The molecule has 2 aromatic rings. The van der Waals surface area contributed by atoms with Crippen molar-refractivity contribution in [2.75, 3.05) is 20.4 Å². The van der Waals surface area contributed by atoms with E-state index >= 15 is 0 Å². The molecule has 2 aromatic carbocycles. The van der Waals surface area contributed by atoms with E-state index < -0.39 is 24.1 Å². The highest BCUT2D eigenvalue weighted by Gasteiger charge is 2.50. The highest BCUT2D eigenvalue weighted by molar-refractivity contribution is 5.77.